The van der Waals surface area contributed by atoms with Gasteiger partial charge in [0.25, 0.3) is 5.91 Å². The number of ether oxygens (including phenoxy) is 1. The van der Waals surface area contributed by atoms with Crippen LogP contribution < -0.4 is 9.54 Å². The summed E-state index contributed by atoms with van der Waals surface area (Å²) in [5.41, 5.74) is 0.969. The van der Waals surface area contributed by atoms with Gasteiger partial charge in [0.2, 0.25) is 0 Å². The second-order valence-corrected chi connectivity index (χ2v) is 9.19. The lowest BCUT2D eigenvalue weighted by Crippen LogP contribution is -2.17. The number of sulfone groups is 1. The fraction of sp³-hybridized carbons (Fsp3) is 0.200. The third kappa shape index (κ3) is 3.79. The van der Waals surface area contributed by atoms with E-state index in [-0.39, 0.29) is 16.2 Å². The highest BCUT2D eigenvalue weighted by Gasteiger charge is 2.20. The lowest BCUT2D eigenvalue weighted by molar-refractivity contribution is 0.0994. The molecule has 0 aliphatic heterocycles. The Morgan fingerprint density at radius 2 is 2.04 bits per heavy atom. The molecule has 6 nitrogen and oxygen atoms in total. The van der Waals surface area contributed by atoms with Gasteiger partial charge in [-0.25, -0.2) is 8.42 Å². The maximum absolute atomic E-state index is 12.9. The van der Waals surface area contributed by atoms with Crippen LogP contribution in [0.15, 0.2) is 65.0 Å². The number of aromatic nitrogens is 1. The van der Waals surface area contributed by atoms with Crippen LogP contribution in [0.1, 0.15) is 17.3 Å². The molecule has 0 aliphatic rings. The molecule has 1 amide bonds. The minimum absolute atomic E-state index is 0.00398. The summed E-state index contributed by atoms with van der Waals surface area (Å²) < 4.78 is 32.7. The average Bonchev–Trinajstić information content (AvgIpc) is 3.04. The van der Waals surface area contributed by atoms with Crippen molar-refractivity contribution in [2.75, 3.05) is 12.9 Å². The van der Waals surface area contributed by atoms with E-state index in [0.29, 0.717) is 17.1 Å². The van der Waals surface area contributed by atoms with Gasteiger partial charge in [-0.3, -0.25) is 4.79 Å². The summed E-state index contributed by atoms with van der Waals surface area (Å²) in [6, 6.07) is 11.8. The molecule has 1 aromatic heterocycles. The fourth-order valence-corrected chi connectivity index (χ4v) is 4.94. The Hall–Kier alpha value is -2.71. The molecule has 0 bridgehead atoms. The van der Waals surface area contributed by atoms with Gasteiger partial charge in [-0.1, -0.05) is 36.5 Å². The van der Waals surface area contributed by atoms with Crippen LogP contribution >= 0.6 is 11.3 Å². The highest BCUT2D eigenvalue weighted by atomic mass is 32.2. The van der Waals surface area contributed by atoms with Crippen molar-refractivity contribution in [2.45, 2.75) is 18.4 Å². The Morgan fingerprint density at radius 3 is 2.71 bits per heavy atom. The predicted molar refractivity (Wildman–Crippen MR) is 111 cm³/mol. The van der Waals surface area contributed by atoms with E-state index in [1.54, 1.807) is 32.2 Å². The molecular weight excluding hydrogens is 396 g/mol. The molecular formula is C20H20N2O4S2. The zero-order chi connectivity index (χ0) is 20.3. The number of fused-ring (bicyclic) bond motifs is 1. The zero-order valence-corrected chi connectivity index (χ0v) is 17.2. The molecule has 0 N–H and O–H groups in total. The standard InChI is InChI=1S/C20H20N2O4S2/c1-4-12-22-16-11-10-14(26-3)13-17(16)27-20(22)21-19(23)15-8-6-7-9-18(15)28(24,25)5-2/h4,6-11,13H,1,5,12H2,2-3H3. The van der Waals surface area contributed by atoms with Crippen LogP contribution in [0.3, 0.4) is 0 Å². The normalized spacial score (nSPS) is 12.3. The molecule has 0 saturated heterocycles. The summed E-state index contributed by atoms with van der Waals surface area (Å²) in [5, 5.41) is 0. The fourth-order valence-electron chi connectivity index (χ4n) is 2.79. The number of thiazole rings is 1. The summed E-state index contributed by atoms with van der Waals surface area (Å²) >= 11 is 1.33. The summed E-state index contributed by atoms with van der Waals surface area (Å²) in [4.78, 5) is 17.6. The van der Waals surface area contributed by atoms with Crippen LogP contribution in [0.4, 0.5) is 0 Å². The van der Waals surface area contributed by atoms with Crippen LogP contribution in [0.2, 0.25) is 0 Å². The van der Waals surface area contributed by atoms with Crippen molar-refractivity contribution in [3.8, 4) is 5.75 Å². The van der Waals surface area contributed by atoms with Crippen LogP contribution in [-0.2, 0) is 16.4 Å². The van der Waals surface area contributed by atoms with Gasteiger partial charge in [-0.05, 0) is 30.3 Å². The molecule has 0 fully saturated rings. The second-order valence-electron chi connectivity index (χ2n) is 5.93. The second kappa shape index (κ2) is 8.12. The number of methoxy groups -OCH3 is 1. The quantitative estimate of drug-likeness (QED) is 0.577. The number of carbonyl (C=O) groups is 1. The summed E-state index contributed by atoms with van der Waals surface area (Å²) in [6.07, 6.45) is 1.72. The molecule has 0 unspecified atom stereocenters. The van der Waals surface area contributed by atoms with Gasteiger partial charge in [-0.15, -0.1) is 6.58 Å². The van der Waals surface area contributed by atoms with Crippen molar-refractivity contribution >= 4 is 37.3 Å². The molecule has 2 aromatic carbocycles. The van der Waals surface area contributed by atoms with E-state index in [2.05, 4.69) is 11.6 Å². The molecule has 0 radical (unpaired) electrons. The van der Waals surface area contributed by atoms with E-state index >= 15 is 0 Å². The lowest BCUT2D eigenvalue weighted by Gasteiger charge is -2.06. The highest BCUT2D eigenvalue weighted by Crippen LogP contribution is 2.24. The first kappa shape index (κ1) is 20.0. The highest BCUT2D eigenvalue weighted by molar-refractivity contribution is 7.91. The number of hydrogen-bond donors (Lipinski definition) is 0. The topological polar surface area (TPSA) is 77.7 Å². The number of allylic oxidation sites excluding steroid dienone is 1. The first-order valence-electron chi connectivity index (χ1n) is 8.60. The third-order valence-electron chi connectivity index (χ3n) is 4.23. The van der Waals surface area contributed by atoms with Crippen LogP contribution in [0.25, 0.3) is 10.2 Å². The van der Waals surface area contributed by atoms with Crippen LogP contribution in [0.5, 0.6) is 5.75 Å². The van der Waals surface area contributed by atoms with Crippen molar-refractivity contribution in [3.05, 3.63) is 65.5 Å². The van der Waals surface area contributed by atoms with Crippen LogP contribution in [0, 0.1) is 0 Å². The molecule has 1 heterocycles. The monoisotopic (exact) mass is 416 g/mol. The summed E-state index contributed by atoms with van der Waals surface area (Å²) in [6.45, 7) is 5.78. The largest absolute Gasteiger partial charge is 0.497 e. The van der Waals surface area contributed by atoms with E-state index in [0.717, 1.165) is 10.2 Å². The van der Waals surface area contributed by atoms with Crippen molar-refractivity contribution in [1.29, 1.82) is 0 Å². The van der Waals surface area contributed by atoms with Crippen LogP contribution in [-0.4, -0.2) is 31.8 Å². The maximum Gasteiger partial charge on any atom is 0.280 e. The SMILES string of the molecule is C=CCn1c(=NC(=O)c2ccccc2S(=O)(=O)CC)sc2cc(OC)ccc21. The Balaban J connectivity index is 2.19. The van der Waals surface area contributed by atoms with Crippen molar-refractivity contribution in [3.63, 3.8) is 0 Å². The smallest absolute Gasteiger partial charge is 0.280 e. The van der Waals surface area contributed by atoms with Gasteiger partial charge in [-0.2, -0.15) is 4.99 Å². The molecule has 146 valence electrons. The van der Waals surface area contributed by atoms with Crippen molar-refractivity contribution < 1.29 is 17.9 Å². The minimum atomic E-state index is -3.54. The van der Waals surface area contributed by atoms with Gasteiger partial charge in [0.1, 0.15) is 5.75 Å². The van der Waals surface area contributed by atoms with Gasteiger partial charge in [0.15, 0.2) is 14.6 Å². The Morgan fingerprint density at radius 1 is 1.29 bits per heavy atom. The molecule has 0 atom stereocenters. The number of nitrogens with zero attached hydrogens (tertiary/aromatic N) is 2. The number of rotatable bonds is 6. The number of carbonyl (C=O) groups excluding carboxylic acids is 1. The molecule has 0 saturated carbocycles. The number of benzene rings is 2. The number of amides is 1. The zero-order valence-electron chi connectivity index (χ0n) is 15.6. The first-order valence-corrected chi connectivity index (χ1v) is 11.1. The van der Waals surface area contributed by atoms with E-state index in [9.17, 15) is 13.2 Å². The van der Waals surface area contributed by atoms with E-state index in [1.165, 1.54) is 23.5 Å². The van der Waals surface area contributed by atoms with Gasteiger partial charge in [0.05, 0.1) is 33.5 Å². The Kier molecular flexibility index (Phi) is 5.81. The number of hydrogen-bond acceptors (Lipinski definition) is 5. The molecule has 0 aliphatic carbocycles. The summed E-state index contributed by atoms with van der Waals surface area (Å²) in [5.74, 6) is 0.0249. The summed E-state index contributed by atoms with van der Waals surface area (Å²) in [7, 11) is -1.95. The molecule has 3 aromatic rings. The van der Waals surface area contributed by atoms with E-state index in [1.807, 2.05) is 22.8 Å². The van der Waals surface area contributed by atoms with E-state index in [4.69, 9.17) is 4.74 Å². The van der Waals surface area contributed by atoms with Gasteiger partial charge < -0.3 is 9.30 Å². The molecule has 8 heteroatoms. The predicted octanol–water partition coefficient (Wildman–Crippen LogP) is 3.43. The van der Waals surface area contributed by atoms with Crippen molar-refractivity contribution in [2.24, 2.45) is 4.99 Å². The molecule has 28 heavy (non-hydrogen) atoms. The average molecular weight is 417 g/mol. The van der Waals surface area contributed by atoms with Gasteiger partial charge in [0, 0.05) is 6.54 Å². The minimum Gasteiger partial charge on any atom is -0.497 e. The Labute approximate surface area is 167 Å². The molecule has 3 rings (SSSR count). The third-order valence-corrected chi connectivity index (χ3v) is 7.06. The lowest BCUT2D eigenvalue weighted by atomic mass is 10.2. The first-order chi connectivity index (χ1) is 13.4. The van der Waals surface area contributed by atoms with Gasteiger partial charge >= 0.3 is 0 Å². The van der Waals surface area contributed by atoms with Crippen molar-refractivity contribution in [1.82, 2.24) is 4.57 Å². The Bertz CT molecular complexity index is 1220. The molecule has 0 spiro atoms. The van der Waals surface area contributed by atoms with E-state index < -0.39 is 15.7 Å². The maximum atomic E-state index is 12.9.